The molecule has 7 nitrogen and oxygen atoms in total. The normalized spacial score (nSPS) is 11.4. The van der Waals surface area contributed by atoms with Gasteiger partial charge in [-0.25, -0.2) is 8.42 Å². The van der Waals surface area contributed by atoms with Crippen LogP contribution in [0, 0.1) is 6.92 Å². The molecule has 1 aromatic heterocycles. The van der Waals surface area contributed by atoms with Crippen molar-refractivity contribution >= 4 is 43.9 Å². The summed E-state index contributed by atoms with van der Waals surface area (Å²) in [6.07, 6.45) is 1.53. The molecule has 4 aromatic rings. The van der Waals surface area contributed by atoms with E-state index in [0.717, 1.165) is 5.56 Å². The molecule has 0 atom stereocenters. The number of carbonyl (C=O) groups is 2. The molecule has 0 saturated heterocycles. The predicted octanol–water partition coefficient (Wildman–Crippen LogP) is 4.52. The topological polar surface area (TPSA) is 97.3 Å². The molecule has 8 heteroatoms. The Bertz CT molecular complexity index is 1470. The Morgan fingerprint density at radius 1 is 0.882 bits per heavy atom. The number of rotatable bonds is 7. The molecule has 4 rings (SSSR count). The van der Waals surface area contributed by atoms with Crippen molar-refractivity contribution in [3.05, 3.63) is 90.1 Å². The molecule has 0 fully saturated rings. The monoisotopic (exact) mass is 475 g/mol. The summed E-state index contributed by atoms with van der Waals surface area (Å²) in [4.78, 5) is 24.2. The average Bonchev–Trinajstić information content (AvgIpc) is 3.14. The molecular weight excluding hydrogens is 450 g/mol. The molecule has 0 aliphatic carbocycles. The Morgan fingerprint density at radius 2 is 1.56 bits per heavy atom. The van der Waals surface area contributed by atoms with Gasteiger partial charge in [-0.1, -0.05) is 54.1 Å². The van der Waals surface area contributed by atoms with Crippen LogP contribution in [0.5, 0.6) is 0 Å². The molecule has 3 aromatic carbocycles. The second-order valence-corrected chi connectivity index (χ2v) is 10.2. The molecule has 0 unspecified atom stereocenters. The molecular formula is C26H25N3O4S. The van der Waals surface area contributed by atoms with Crippen molar-refractivity contribution in [3.8, 4) is 0 Å². The van der Waals surface area contributed by atoms with E-state index in [1.807, 2.05) is 37.3 Å². The van der Waals surface area contributed by atoms with Gasteiger partial charge in [0.1, 0.15) is 6.54 Å². The van der Waals surface area contributed by atoms with Crippen LogP contribution in [-0.4, -0.2) is 24.8 Å². The third-order valence-electron chi connectivity index (χ3n) is 5.35. The van der Waals surface area contributed by atoms with Gasteiger partial charge in [-0.2, -0.15) is 0 Å². The zero-order valence-electron chi connectivity index (χ0n) is 18.9. The van der Waals surface area contributed by atoms with E-state index in [9.17, 15) is 18.0 Å². The third-order valence-corrected chi connectivity index (χ3v) is 7.05. The first-order valence-corrected chi connectivity index (χ1v) is 12.4. The van der Waals surface area contributed by atoms with Crippen molar-refractivity contribution in [1.82, 2.24) is 4.57 Å². The molecule has 2 N–H and O–H groups in total. The van der Waals surface area contributed by atoms with Crippen molar-refractivity contribution in [3.63, 3.8) is 0 Å². The van der Waals surface area contributed by atoms with Gasteiger partial charge in [0, 0.05) is 35.4 Å². The molecule has 34 heavy (non-hydrogen) atoms. The second-order valence-electron chi connectivity index (χ2n) is 8.19. The first-order valence-electron chi connectivity index (χ1n) is 10.7. The van der Waals surface area contributed by atoms with Crippen LogP contribution in [0.3, 0.4) is 0 Å². The fourth-order valence-electron chi connectivity index (χ4n) is 3.81. The van der Waals surface area contributed by atoms with E-state index >= 15 is 0 Å². The van der Waals surface area contributed by atoms with Crippen LogP contribution in [0.15, 0.2) is 83.9 Å². The van der Waals surface area contributed by atoms with E-state index in [0.29, 0.717) is 27.8 Å². The fourth-order valence-corrected chi connectivity index (χ4v) is 5.39. The molecule has 2 amide bonds. The number of anilines is 2. The largest absolute Gasteiger partial charge is 0.337 e. The van der Waals surface area contributed by atoms with Gasteiger partial charge in [-0.05, 0) is 36.8 Å². The van der Waals surface area contributed by atoms with Crippen LogP contribution >= 0.6 is 0 Å². The SMILES string of the molecule is CC(=O)Nc1cccc(NC(=O)Cn2cc(S(=O)(=O)Cc3ccc(C)cc3)c3ccccc32)c1. The highest BCUT2D eigenvalue weighted by molar-refractivity contribution is 7.90. The number of hydrogen-bond acceptors (Lipinski definition) is 4. The van der Waals surface area contributed by atoms with E-state index in [1.165, 1.54) is 13.1 Å². The molecule has 174 valence electrons. The maximum atomic E-state index is 13.3. The number of sulfone groups is 1. The standard InChI is InChI=1S/C26H25N3O4S/c1-18-10-12-20(13-11-18)17-34(32,33)25-15-29(24-9-4-3-8-23(24)25)16-26(31)28-22-7-5-6-21(14-22)27-19(2)30/h3-15H,16-17H2,1-2H3,(H,27,30)(H,28,31). The number of fused-ring (bicyclic) bond motifs is 1. The van der Waals surface area contributed by atoms with E-state index in [2.05, 4.69) is 10.6 Å². The maximum Gasteiger partial charge on any atom is 0.244 e. The number of benzene rings is 3. The minimum absolute atomic E-state index is 0.0646. The highest BCUT2D eigenvalue weighted by atomic mass is 32.2. The highest BCUT2D eigenvalue weighted by Gasteiger charge is 2.22. The van der Waals surface area contributed by atoms with Gasteiger partial charge in [0.05, 0.1) is 10.6 Å². The third kappa shape index (κ3) is 5.35. The van der Waals surface area contributed by atoms with Crippen LogP contribution in [-0.2, 0) is 31.7 Å². The van der Waals surface area contributed by atoms with Crippen LogP contribution in [0.1, 0.15) is 18.1 Å². The zero-order valence-corrected chi connectivity index (χ0v) is 19.7. The number of nitrogens with zero attached hydrogens (tertiary/aromatic N) is 1. The van der Waals surface area contributed by atoms with E-state index in [-0.39, 0.29) is 29.0 Å². The summed E-state index contributed by atoms with van der Waals surface area (Å²) in [5, 5.41) is 6.05. The average molecular weight is 476 g/mol. The summed E-state index contributed by atoms with van der Waals surface area (Å²) < 4.78 is 28.2. The lowest BCUT2D eigenvalue weighted by Crippen LogP contribution is -2.18. The molecule has 0 bridgehead atoms. The number of carbonyl (C=O) groups excluding carboxylic acids is 2. The Labute approximate surface area is 198 Å². The summed E-state index contributed by atoms with van der Waals surface area (Å²) in [5.74, 6) is -0.645. The summed E-state index contributed by atoms with van der Waals surface area (Å²) in [6, 6.07) is 21.4. The summed E-state index contributed by atoms with van der Waals surface area (Å²) in [6.45, 7) is 3.30. The molecule has 0 radical (unpaired) electrons. The molecule has 0 aliphatic rings. The van der Waals surface area contributed by atoms with Crippen LogP contribution < -0.4 is 10.6 Å². The van der Waals surface area contributed by atoms with Gasteiger partial charge in [0.15, 0.2) is 9.84 Å². The van der Waals surface area contributed by atoms with Crippen molar-refractivity contribution in [1.29, 1.82) is 0 Å². The molecule has 0 spiro atoms. The zero-order chi connectivity index (χ0) is 24.3. The Hall–Kier alpha value is -3.91. The smallest absolute Gasteiger partial charge is 0.244 e. The number of aromatic nitrogens is 1. The number of aryl methyl sites for hydroxylation is 1. The minimum atomic E-state index is -3.64. The molecule has 1 heterocycles. The number of para-hydroxylation sites is 1. The number of amides is 2. The van der Waals surface area contributed by atoms with E-state index in [4.69, 9.17) is 0 Å². The number of hydrogen-bond donors (Lipinski definition) is 2. The quantitative estimate of drug-likeness (QED) is 0.411. The van der Waals surface area contributed by atoms with Crippen molar-refractivity contribution in [2.75, 3.05) is 10.6 Å². The summed E-state index contributed by atoms with van der Waals surface area (Å²) in [5.41, 5.74) is 3.53. The number of nitrogens with one attached hydrogen (secondary N) is 2. The van der Waals surface area contributed by atoms with Gasteiger partial charge >= 0.3 is 0 Å². The van der Waals surface area contributed by atoms with Crippen molar-refractivity contribution in [2.45, 2.75) is 31.0 Å². The van der Waals surface area contributed by atoms with Gasteiger partial charge in [0.25, 0.3) is 0 Å². The highest BCUT2D eigenvalue weighted by Crippen LogP contribution is 2.28. The van der Waals surface area contributed by atoms with E-state index < -0.39 is 9.84 Å². The Kier molecular flexibility index (Phi) is 6.51. The summed E-state index contributed by atoms with van der Waals surface area (Å²) in [7, 11) is -3.64. The van der Waals surface area contributed by atoms with Gasteiger partial charge in [0.2, 0.25) is 11.8 Å². The predicted molar refractivity (Wildman–Crippen MR) is 133 cm³/mol. The minimum Gasteiger partial charge on any atom is -0.337 e. The first-order chi connectivity index (χ1) is 16.2. The first kappa shape index (κ1) is 23.3. The van der Waals surface area contributed by atoms with Crippen LogP contribution in [0.25, 0.3) is 10.9 Å². The lowest BCUT2D eigenvalue weighted by molar-refractivity contribution is -0.116. The second kappa shape index (κ2) is 9.52. The van der Waals surface area contributed by atoms with E-state index in [1.54, 1.807) is 47.0 Å². The lowest BCUT2D eigenvalue weighted by Gasteiger charge is -2.09. The Balaban J connectivity index is 1.59. The van der Waals surface area contributed by atoms with Crippen molar-refractivity contribution in [2.24, 2.45) is 0 Å². The van der Waals surface area contributed by atoms with Gasteiger partial charge in [-0.15, -0.1) is 0 Å². The molecule has 0 saturated carbocycles. The van der Waals surface area contributed by atoms with Crippen molar-refractivity contribution < 1.29 is 18.0 Å². The van der Waals surface area contributed by atoms with Crippen LogP contribution in [0.2, 0.25) is 0 Å². The summed E-state index contributed by atoms with van der Waals surface area (Å²) >= 11 is 0. The fraction of sp³-hybridized carbons (Fsp3) is 0.154. The Morgan fingerprint density at radius 3 is 2.26 bits per heavy atom. The van der Waals surface area contributed by atoms with Gasteiger partial charge in [-0.3, -0.25) is 9.59 Å². The molecule has 0 aliphatic heterocycles. The van der Waals surface area contributed by atoms with Gasteiger partial charge < -0.3 is 15.2 Å². The maximum absolute atomic E-state index is 13.3. The lowest BCUT2D eigenvalue weighted by atomic mass is 10.2. The van der Waals surface area contributed by atoms with Crippen LogP contribution in [0.4, 0.5) is 11.4 Å².